The van der Waals surface area contributed by atoms with Gasteiger partial charge >= 0.3 is 0 Å². The van der Waals surface area contributed by atoms with E-state index in [4.69, 9.17) is 0 Å². The molecule has 0 saturated heterocycles. The highest BCUT2D eigenvalue weighted by atomic mass is 32.2. The number of aromatic nitrogens is 3. The van der Waals surface area contributed by atoms with Gasteiger partial charge in [-0.05, 0) is 42.0 Å². The van der Waals surface area contributed by atoms with Gasteiger partial charge in [0.2, 0.25) is 0 Å². The number of hydrogen-bond acceptors (Lipinski definition) is 3. The van der Waals surface area contributed by atoms with Crippen molar-refractivity contribution in [3.8, 4) is 17.1 Å². The summed E-state index contributed by atoms with van der Waals surface area (Å²) in [6.45, 7) is 0. The number of thioether (sulfide) groups is 1. The minimum absolute atomic E-state index is 0.273. The molecule has 0 amide bonds. The third-order valence-corrected chi connectivity index (χ3v) is 5.02. The van der Waals surface area contributed by atoms with Crippen molar-refractivity contribution < 1.29 is 8.78 Å². The monoisotopic (exact) mass is 379 g/mol. The second kappa shape index (κ2) is 7.72. The van der Waals surface area contributed by atoms with Crippen molar-refractivity contribution in [2.75, 3.05) is 0 Å². The van der Waals surface area contributed by atoms with Gasteiger partial charge in [-0.3, -0.25) is 4.57 Å². The Kier molecular flexibility index (Phi) is 4.98. The first-order valence-corrected chi connectivity index (χ1v) is 9.34. The smallest absolute Gasteiger partial charge is 0.196 e. The van der Waals surface area contributed by atoms with Gasteiger partial charge < -0.3 is 0 Å². The van der Waals surface area contributed by atoms with Crippen molar-refractivity contribution in [2.24, 2.45) is 0 Å². The van der Waals surface area contributed by atoms with Crippen LogP contribution in [0.5, 0.6) is 0 Å². The molecule has 0 aliphatic heterocycles. The lowest BCUT2D eigenvalue weighted by molar-refractivity contribution is 0.626. The van der Waals surface area contributed by atoms with E-state index in [1.54, 1.807) is 24.3 Å². The number of benzene rings is 3. The molecule has 1 aromatic heterocycles. The highest BCUT2D eigenvalue weighted by molar-refractivity contribution is 7.98. The summed E-state index contributed by atoms with van der Waals surface area (Å²) in [4.78, 5) is 0. The van der Waals surface area contributed by atoms with E-state index in [1.807, 2.05) is 41.0 Å². The van der Waals surface area contributed by atoms with E-state index in [1.165, 1.54) is 30.0 Å². The Morgan fingerprint density at radius 2 is 1.59 bits per heavy atom. The van der Waals surface area contributed by atoms with Crippen molar-refractivity contribution in [3.63, 3.8) is 0 Å². The van der Waals surface area contributed by atoms with Gasteiger partial charge in [-0.25, -0.2) is 8.78 Å². The number of hydrogen-bond donors (Lipinski definition) is 0. The maximum absolute atomic E-state index is 14.3. The molecule has 1 heterocycles. The fourth-order valence-electron chi connectivity index (χ4n) is 2.76. The number of halogens is 2. The van der Waals surface area contributed by atoms with Crippen LogP contribution in [0.3, 0.4) is 0 Å². The van der Waals surface area contributed by atoms with Crippen LogP contribution in [0.2, 0.25) is 0 Å². The second-order valence-corrected chi connectivity index (χ2v) is 6.82. The Labute approximate surface area is 159 Å². The summed E-state index contributed by atoms with van der Waals surface area (Å²) in [5.41, 5.74) is 2.06. The third kappa shape index (κ3) is 3.75. The molecule has 0 unspecified atom stereocenters. The van der Waals surface area contributed by atoms with Gasteiger partial charge in [-0.15, -0.1) is 10.2 Å². The molecule has 4 aromatic rings. The SMILES string of the molecule is Fc1cccc(CSc2nnc(-c3ccccc3F)n2-c2ccccc2)c1. The molecule has 4 rings (SSSR count). The molecule has 3 aromatic carbocycles. The van der Waals surface area contributed by atoms with Crippen molar-refractivity contribution in [1.29, 1.82) is 0 Å². The maximum Gasteiger partial charge on any atom is 0.196 e. The molecule has 27 heavy (non-hydrogen) atoms. The van der Waals surface area contributed by atoms with E-state index in [2.05, 4.69) is 10.2 Å². The molecular weight excluding hydrogens is 364 g/mol. The van der Waals surface area contributed by atoms with Gasteiger partial charge in [0.15, 0.2) is 11.0 Å². The molecule has 0 bridgehead atoms. The molecule has 134 valence electrons. The highest BCUT2D eigenvalue weighted by Gasteiger charge is 2.18. The Bertz CT molecular complexity index is 1060. The average Bonchev–Trinajstić information content (AvgIpc) is 3.11. The van der Waals surface area contributed by atoms with Crippen LogP contribution in [0.25, 0.3) is 17.1 Å². The second-order valence-electron chi connectivity index (χ2n) is 5.88. The predicted molar refractivity (Wildman–Crippen MR) is 103 cm³/mol. The van der Waals surface area contributed by atoms with Crippen LogP contribution in [-0.4, -0.2) is 14.8 Å². The lowest BCUT2D eigenvalue weighted by Gasteiger charge is -2.10. The normalized spacial score (nSPS) is 10.9. The largest absolute Gasteiger partial charge is 0.270 e. The molecule has 0 saturated carbocycles. The summed E-state index contributed by atoms with van der Waals surface area (Å²) >= 11 is 1.43. The lowest BCUT2D eigenvalue weighted by Crippen LogP contribution is -2.00. The summed E-state index contributed by atoms with van der Waals surface area (Å²) < 4.78 is 29.6. The van der Waals surface area contributed by atoms with E-state index in [9.17, 15) is 8.78 Å². The molecule has 0 aliphatic carbocycles. The van der Waals surface area contributed by atoms with E-state index in [0.29, 0.717) is 22.3 Å². The number of nitrogens with zero attached hydrogens (tertiary/aromatic N) is 3. The predicted octanol–water partition coefficient (Wildman–Crippen LogP) is 5.50. The molecule has 0 spiro atoms. The maximum atomic E-state index is 14.3. The Morgan fingerprint density at radius 1 is 0.815 bits per heavy atom. The van der Waals surface area contributed by atoms with Crippen molar-refractivity contribution >= 4 is 11.8 Å². The van der Waals surface area contributed by atoms with E-state index < -0.39 is 0 Å². The van der Waals surface area contributed by atoms with E-state index in [-0.39, 0.29) is 11.6 Å². The van der Waals surface area contributed by atoms with Crippen LogP contribution in [0.1, 0.15) is 5.56 Å². The molecule has 0 radical (unpaired) electrons. The Balaban J connectivity index is 1.75. The van der Waals surface area contributed by atoms with Crippen LogP contribution >= 0.6 is 11.8 Å². The minimum Gasteiger partial charge on any atom is -0.270 e. The van der Waals surface area contributed by atoms with Crippen LogP contribution in [0.15, 0.2) is 84.0 Å². The van der Waals surface area contributed by atoms with Crippen LogP contribution in [0.4, 0.5) is 8.78 Å². The third-order valence-electron chi connectivity index (χ3n) is 4.02. The van der Waals surface area contributed by atoms with Crippen LogP contribution < -0.4 is 0 Å². The van der Waals surface area contributed by atoms with Crippen LogP contribution in [0, 0.1) is 11.6 Å². The van der Waals surface area contributed by atoms with E-state index >= 15 is 0 Å². The first-order chi connectivity index (χ1) is 13.2. The van der Waals surface area contributed by atoms with Gasteiger partial charge in [0.1, 0.15) is 11.6 Å². The van der Waals surface area contributed by atoms with Gasteiger partial charge in [0.05, 0.1) is 5.56 Å². The zero-order chi connectivity index (χ0) is 18.6. The molecule has 0 aliphatic rings. The molecular formula is C21H15F2N3S. The average molecular weight is 379 g/mol. The van der Waals surface area contributed by atoms with Gasteiger partial charge in [-0.1, -0.05) is 54.2 Å². The number of para-hydroxylation sites is 1. The van der Waals surface area contributed by atoms with Crippen molar-refractivity contribution in [3.05, 3.63) is 96.1 Å². The molecule has 3 nitrogen and oxygen atoms in total. The summed E-state index contributed by atoms with van der Waals surface area (Å²) in [5.74, 6) is 0.328. The fourth-order valence-corrected chi connectivity index (χ4v) is 3.66. The van der Waals surface area contributed by atoms with Crippen LogP contribution in [-0.2, 0) is 5.75 Å². The molecule has 0 fully saturated rings. The number of rotatable bonds is 5. The summed E-state index contributed by atoms with van der Waals surface area (Å²) in [6, 6.07) is 22.5. The highest BCUT2D eigenvalue weighted by Crippen LogP contribution is 2.30. The van der Waals surface area contributed by atoms with Gasteiger partial charge in [-0.2, -0.15) is 0 Å². The summed E-state index contributed by atoms with van der Waals surface area (Å²) in [5, 5.41) is 9.11. The molecule has 0 atom stereocenters. The topological polar surface area (TPSA) is 30.7 Å². The standard InChI is InChI=1S/C21H15F2N3S/c22-16-8-6-7-15(13-16)14-27-21-25-24-20(18-11-4-5-12-19(18)23)26(21)17-9-2-1-3-10-17/h1-13H,14H2. The van der Waals surface area contributed by atoms with Gasteiger partial charge in [0, 0.05) is 11.4 Å². The Morgan fingerprint density at radius 3 is 2.37 bits per heavy atom. The van der Waals surface area contributed by atoms with Gasteiger partial charge in [0.25, 0.3) is 0 Å². The molecule has 6 heteroatoms. The Hall–Kier alpha value is -2.99. The minimum atomic E-state index is -0.358. The molecule has 0 N–H and O–H groups in total. The zero-order valence-corrected chi connectivity index (χ0v) is 15.0. The van der Waals surface area contributed by atoms with E-state index in [0.717, 1.165) is 11.3 Å². The first kappa shape index (κ1) is 17.4. The van der Waals surface area contributed by atoms with Crippen molar-refractivity contribution in [1.82, 2.24) is 14.8 Å². The zero-order valence-electron chi connectivity index (χ0n) is 14.2. The first-order valence-electron chi connectivity index (χ1n) is 8.35. The fraction of sp³-hybridized carbons (Fsp3) is 0.0476. The summed E-state index contributed by atoms with van der Waals surface area (Å²) in [7, 11) is 0. The lowest BCUT2D eigenvalue weighted by atomic mass is 10.2. The van der Waals surface area contributed by atoms with Crippen molar-refractivity contribution in [2.45, 2.75) is 10.9 Å². The summed E-state index contributed by atoms with van der Waals surface area (Å²) in [6.07, 6.45) is 0. The quantitative estimate of drug-likeness (QED) is 0.429.